The maximum absolute atomic E-state index is 4.51. The highest BCUT2D eigenvalue weighted by atomic mass is 31.2. The zero-order valence-corrected chi connectivity index (χ0v) is 11.9. The Morgan fingerprint density at radius 2 is 1.50 bits per heavy atom. The fourth-order valence-electron chi connectivity index (χ4n) is 1.40. The maximum atomic E-state index is 4.51. The highest BCUT2D eigenvalue weighted by Crippen LogP contribution is 2.65. The first-order valence-electron chi connectivity index (χ1n) is 5.37. The Labute approximate surface area is 94.0 Å². The van der Waals surface area contributed by atoms with Gasteiger partial charge in [0.25, 0.3) is 0 Å². The molecule has 1 radical (unpaired) electrons. The van der Waals surface area contributed by atoms with Crippen molar-refractivity contribution in [3.05, 3.63) is 12.2 Å². The monoisotopic (exact) mass is 230 g/mol. The highest BCUT2D eigenvalue weighted by Gasteiger charge is 2.46. The molecule has 0 saturated heterocycles. The summed E-state index contributed by atoms with van der Waals surface area (Å²) in [5.41, 5.74) is 0. The molecule has 0 unspecified atom stereocenters. The topological polar surface area (TPSA) is 0 Å². The summed E-state index contributed by atoms with van der Waals surface area (Å²) in [5.74, 6) is 0. The summed E-state index contributed by atoms with van der Waals surface area (Å²) in [6, 6.07) is 0. The Hall–Kier alpha value is 0.582. The van der Waals surface area contributed by atoms with E-state index < -0.39 is 15.2 Å². The van der Waals surface area contributed by atoms with Crippen LogP contribution in [0.15, 0.2) is 0 Å². The molecule has 83 valence electrons. The Balaban J connectivity index is 4.63. The van der Waals surface area contributed by atoms with Gasteiger partial charge in [-0.25, -0.2) is 0 Å². The molecule has 0 saturated carbocycles. The SMILES string of the molecule is [BH3-][P+](CCC)(CCC)[C]([CH2+])[Si](C)(C)C. The van der Waals surface area contributed by atoms with Crippen LogP contribution in [0.5, 0.6) is 0 Å². The van der Waals surface area contributed by atoms with Crippen LogP contribution in [0.25, 0.3) is 0 Å². The minimum absolute atomic E-state index is 0.495. The maximum Gasteiger partial charge on any atom is 0.210 e. The third-order valence-corrected chi connectivity index (χ3v) is 9.66. The van der Waals surface area contributed by atoms with E-state index in [1.54, 1.807) is 5.28 Å². The van der Waals surface area contributed by atoms with Gasteiger partial charge in [-0.3, -0.25) is 0 Å². The van der Waals surface area contributed by atoms with Gasteiger partial charge >= 0.3 is 0 Å². The van der Waals surface area contributed by atoms with Gasteiger partial charge in [-0.05, 0) is 12.8 Å². The van der Waals surface area contributed by atoms with Crippen molar-refractivity contribution in [1.82, 2.24) is 0 Å². The van der Waals surface area contributed by atoms with E-state index in [0.29, 0.717) is 7.57 Å². The average Bonchev–Trinajstić information content (AvgIpc) is 2.02. The van der Waals surface area contributed by atoms with Crippen LogP contribution in [0.3, 0.4) is 0 Å². The lowest BCUT2D eigenvalue weighted by molar-refractivity contribution is 1.05. The van der Waals surface area contributed by atoms with Gasteiger partial charge in [-0.1, -0.05) is 33.5 Å². The summed E-state index contributed by atoms with van der Waals surface area (Å²) in [4.78, 5) is 0. The normalized spacial score (nSPS) is 13.6. The molecule has 0 aromatic carbocycles. The minimum Gasteiger partial charge on any atom is -0.104 e. The Morgan fingerprint density at radius 1 is 1.14 bits per heavy atom. The van der Waals surface area contributed by atoms with Gasteiger partial charge in [-0.15, -0.1) is 7.14 Å². The zero-order valence-electron chi connectivity index (χ0n) is 9.98. The summed E-state index contributed by atoms with van der Waals surface area (Å²) in [5, 5.41) is 1.79. The van der Waals surface area contributed by atoms with Crippen molar-refractivity contribution < 1.29 is 0 Å². The molecular formula is C11H28BPSi+. The number of hydrogen-bond donors (Lipinski definition) is 0. The fraction of sp³-hybridized carbons (Fsp3) is 0.818. The van der Waals surface area contributed by atoms with E-state index in [1.165, 1.54) is 25.2 Å². The second-order valence-electron chi connectivity index (χ2n) is 4.68. The van der Waals surface area contributed by atoms with E-state index in [0.717, 1.165) is 0 Å². The molecule has 0 nitrogen and oxygen atoms in total. The Kier molecular flexibility index (Phi) is 5.84. The van der Waals surface area contributed by atoms with E-state index in [2.05, 4.69) is 40.4 Å². The van der Waals surface area contributed by atoms with E-state index in [-0.39, 0.29) is 0 Å². The van der Waals surface area contributed by atoms with Crippen LogP contribution in [-0.2, 0) is 0 Å². The molecule has 0 rings (SSSR count). The zero-order chi connectivity index (χ0) is 11.4. The molecule has 0 fully saturated rings. The molecule has 0 aliphatic carbocycles. The summed E-state index contributed by atoms with van der Waals surface area (Å²) in [7, 11) is -1.12. The van der Waals surface area contributed by atoms with Crippen LogP contribution in [0.4, 0.5) is 0 Å². The third kappa shape index (κ3) is 3.98. The number of rotatable bonds is 6. The van der Waals surface area contributed by atoms with Gasteiger partial charge in [0.2, 0.25) is 5.28 Å². The smallest absolute Gasteiger partial charge is 0.104 e. The molecule has 0 heterocycles. The van der Waals surface area contributed by atoms with E-state index in [9.17, 15) is 0 Å². The van der Waals surface area contributed by atoms with Gasteiger partial charge in [0.05, 0.1) is 0 Å². The Morgan fingerprint density at radius 3 is 1.71 bits per heavy atom. The first-order valence-corrected chi connectivity index (χ1v) is 10.6. The molecule has 0 aliphatic heterocycles. The standard InChI is InChI=1S/C11H28BPSi/c1-7-9-13(12,10-8-2)11(3)14(4,5)6/h3,7-10H2,1-2,4-6,12H3/q+1. The number of hydrogen-bond acceptors (Lipinski definition) is 0. The molecule has 0 aromatic rings. The van der Waals surface area contributed by atoms with Crippen molar-refractivity contribution in [1.29, 1.82) is 0 Å². The van der Waals surface area contributed by atoms with Crippen LogP contribution in [0.1, 0.15) is 26.7 Å². The molecule has 14 heavy (non-hydrogen) atoms. The fourth-order valence-corrected chi connectivity index (χ4v) is 7.70. The Bertz CT molecular complexity index is 159. The summed E-state index contributed by atoms with van der Waals surface area (Å²) in [6.45, 7) is 16.7. The molecule has 0 atom stereocenters. The highest BCUT2D eigenvalue weighted by molar-refractivity contribution is 8.01. The molecule has 0 N–H and O–H groups in total. The molecule has 0 bridgehead atoms. The first-order chi connectivity index (χ1) is 6.28. The minimum atomic E-state index is -1.05. The van der Waals surface area contributed by atoms with Crippen molar-refractivity contribution in [2.45, 2.75) is 46.3 Å². The van der Waals surface area contributed by atoms with Crippen LogP contribution in [-0.4, -0.2) is 28.0 Å². The van der Waals surface area contributed by atoms with Gasteiger partial charge in [0, 0.05) is 12.3 Å². The van der Waals surface area contributed by atoms with Gasteiger partial charge < -0.3 is 0 Å². The van der Waals surface area contributed by atoms with Gasteiger partial charge in [-0.2, -0.15) is 0 Å². The second-order valence-corrected chi connectivity index (χ2v) is 12.7. The predicted octanol–water partition coefficient (Wildman–Crippen LogP) is 3.35. The van der Waals surface area contributed by atoms with E-state index in [1.807, 2.05) is 0 Å². The van der Waals surface area contributed by atoms with Crippen LogP contribution >= 0.6 is 7.14 Å². The van der Waals surface area contributed by atoms with Gasteiger partial charge in [0.1, 0.15) is 14.5 Å². The largest absolute Gasteiger partial charge is 0.210 e. The van der Waals surface area contributed by atoms with Gasteiger partial charge in [0.15, 0.2) is 8.07 Å². The van der Waals surface area contributed by atoms with E-state index >= 15 is 0 Å². The van der Waals surface area contributed by atoms with Crippen molar-refractivity contribution in [2.75, 3.05) is 12.3 Å². The van der Waals surface area contributed by atoms with Crippen LogP contribution in [0, 0.1) is 12.2 Å². The second kappa shape index (κ2) is 5.61. The van der Waals surface area contributed by atoms with Crippen LogP contribution in [0.2, 0.25) is 19.6 Å². The third-order valence-electron chi connectivity index (χ3n) is 2.23. The van der Waals surface area contributed by atoms with E-state index in [4.69, 9.17) is 0 Å². The predicted molar refractivity (Wildman–Crippen MR) is 79.1 cm³/mol. The van der Waals surface area contributed by atoms with Crippen molar-refractivity contribution in [2.24, 2.45) is 0 Å². The summed E-state index contributed by atoms with van der Waals surface area (Å²) < 4.78 is 0. The molecular weight excluding hydrogens is 202 g/mol. The molecule has 0 aromatic heterocycles. The van der Waals surface area contributed by atoms with Crippen LogP contribution < -0.4 is 0 Å². The molecule has 0 spiro atoms. The summed E-state index contributed by atoms with van der Waals surface area (Å²) >= 11 is 0. The lowest BCUT2D eigenvalue weighted by Crippen LogP contribution is -2.33. The lowest BCUT2D eigenvalue weighted by atomic mass is 10.6. The summed E-state index contributed by atoms with van der Waals surface area (Å²) in [6.07, 6.45) is 5.84. The average molecular weight is 230 g/mol. The molecule has 0 amide bonds. The molecule has 0 aliphatic rings. The first kappa shape index (κ1) is 14.6. The van der Waals surface area contributed by atoms with Crippen molar-refractivity contribution in [3.8, 4) is 0 Å². The van der Waals surface area contributed by atoms with Crippen molar-refractivity contribution >= 4 is 22.8 Å². The van der Waals surface area contributed by atoms with Crippen molar-refractivity contribution in [3.63, 3.8) is 0 Å². The molecule has 3 heteroatoms. The lowest BCUT2D eigenvalue weighted by Gasteiger charge is -2.35. The quantitative estimate of drug-likeness (QED) is 0.373.